The fraction of sp³-hybridized carbons (Fsp3) is 0.533. The van der Waals surface area contributed by atoms with E-state index in [-0.39, 0.29) is 11.2 Å². The van der Waals surface area contributed by atoms with Crippen LogP contribution in [-0.2, 0) is 10.8 Å². The minimum atomic E-state index is -1.04. The smallest absolute Gasteiger partial charge is 0.0668 e. The Bertz CT molecular complexity index is 478. The summed E-state index contributed by atoms with van der Waals surface area (Å²) in [6.07, 6.45) is 5.18. The zero-order valence-electron chi connectivity index (χ0n) is 10.8. The second-order valence-electron chi connectivity index (χ2n) is 4.97. The van der Waals surface area contributed by atoms with Crippen molar-refractivity contribution in [3.63, 3.8) is 0 Å². The Morgan fingerprint density at radius 2 is 1.94 bits per heavy atom. The molecule has 0 bridgehead atoms. The van der Waals surface area contributed by atoms with Gasteiger partial charge in [0.1, 0.15) is 0 Å². The van der Waals surface area contributed by atoms with Crippen LogP contribution in [0.15, 0.2) is 29.2 Å². The summed E-state index contributed by atoms with van der Waals surface area (Å²) >= 11 is 0. The Labute approximate surface area is 111 Å². The van der Waals surface area contributed by atoms with Crippen molar-refractivity contribution in [2.24, 2.45) is 5.92 Å². The summed E-state index contributed by atoms with van der Waals surface area (Å²) in [6.45, 7) is 1.99. The number of nitrogens with zero attached hydrogens (tertiary/aromatic N) is 1. The number of benzene rings is 1. The van der Waals surface area contributed by atoms with Gasteiger partial charge in [-0.25, -0.2) is 0 Å². The van der Waals surface area contributed by atoms with E-state index in [1.165, 1.54) is 6.42 Å². The largest absolute Gasteiger partial charge is 0.254 e. The summed E-state index contributed by atoms with van der Waals surface area (Å²) in [5, 5.41) is 9.28. The lowest BCUT2D eigenvalue weighted by molar-refractivity contribution is 0.564. The predicted octanol–water partition coefficient (Wildman–Crippen LogP) is 3.58. The molecule has 0 spiro atoms. The normalized spacial score (nSPS) is 26.0. The third-order valence-electron chi connectivity index (χ3n) is 3.70. The van der Waals surface area contributed by atoms with E-state index in [4.69, 9.17) is 0 Å². The van der Waals surface area contributed by atoms with Gasteiger partial charge in [0.2, 0.25) is 0 Å². The van der Waals surface area contributed by atoms with Crippen LogP contribution in [0, 0.1) is 24.2 Å². The van der Waals surface area contributed by atoms with Crippen molar-refractivity contribution in [1.29, 1.82) is 5.26 Å². The summed E-state index contributed by atoms with van der Waals surface area (Å²) in [6, 6.07) is 10.2. The van der Waals surface area contributed by atoms with Crippen LogP contribution >= 0.6 is 0 Å². The predicted molar refractivity (Wildman–Crippen MR) is 73.6 cm³/mol. The lowest BCUT2D eigenvalue weighted by Gasteiger charge is -2.19. The first-order valence-corrected chi connectivity index (χ1v) is 7.81. The number of rotatable bonds is 2. The summed E-state index contributed by atoms with van der Waals surface area (Å²) < 4.78 is 12.7. The lowest BCUT2D eigenvalue weighted by Crippen LogP contribution is -2.24. The summed E-state index contributed by atoms with van der Waals surface area (Å²) in [5.41, 5.74) is 1.07. The molecule has 1 aliphatic rings. The third-order valence-corrected chi connectivity index (χ3v) is 5.71. The standard InChI is InChI=1S/C15H19NOS/c1-12-7-5-6-9-14(12)18(17)15-10-4-2-3-8-13(15)11-16/h5-7,9,13,15H,2-4,8,10H2,1H3. The average molecular weight is 261 g/mol. The first-order valence-electron chi connectivity index (χ1n) is 6.60. The molecule has 1 fully saturated rings. The van der Waals surface area contributed by atoms with Gasteiger partial charge in [-0.3, -0.25) is 4.21 Å². The maximum Gasteiger partial charge on any atom is 0.0668 e. The van der Waals surface area contributed by atoms with Gasteiger partial charge in [-0.2, -0.15) is 5.26 Å². The van der Waals surface area contributed by atoms with Crippen molar-refractivity contribution in [2.75, 3.05) is 0 Å². The van der Waals surface area contributed by atoms with Gasteiger partial charge in [0.05, 0.1) is 28.0 Å². The van der Waals surface area contributed by atoms with Gasteiger partial charge in [0, 0.05) is 4.90 Å². The van der Waals surface area contributed by atoms with Crippen LogP contribution in [0.2, 0.25) is 0 Å². The van der Waals surface area contributed by atoms with Crippen molar-refractivity contribution in [3.05, 3.63) is 29.8 Å². The highest BCUT2D eigenvalue weighted by atomic mass is 32.2. The topological polar surface area (TPSA) is 40.9 Å². The van der Waals surface area contributed by atoms with E-state index in [0.29, 0.717) is 0 Å². The van der Waals surface area contributed by atoms with Gasteiger partial charge in [0.15, 0.2) is 0 Å². The molecule has 0 saturated heterocycles. The molecule has 3 unspecified atom stereocenters. The highest BCUT2D eigenvalue weighted by Crippen LogP contribution is 2.30. The molecule has 1 aromatic carbocycles. The Kier molecular flexibility index (Phi) is 4.54. The minimum Gasteiger partial charge on any atom is -0.254 e. The average Bonchev–Trinajstić information content (AvgIpc) is 2.63. The molecule has 0 radical (unpaired) electrons. The van der Waals surface area contributed by atoms with Gasteiger partial charge >= 0.3 is 0 Å². The first-order chi connectivity index (χ1) is 8.74. The molecule has 0 N–H and O–H groups in total. The molecule has 2 rings (SSSR count). The van der Waals surface area contributed by atoms with Crippen LogP contribution in [-0.4, -0.2) is 9.46 Å². The molecule has 2 nitrogen and oxygen atoms in total. The van der Waals surface area contributed by atoms with Gasteiger partial charge in [-0.05, 0) is 31.4 Å². The molecule has 0 aliphatic heterocycles. The van der Waals surface area contributed by atoms with Crippen LogP contribution in [0.1, 0.15) is 37.7 Å². The quantitative estimate of drug-likeness (QED) is 0.764. The molecule has 18 heavy (non-hydrogen) atoms. The minimum absolute atomic E-state index is 0.0126. The van der Waals surface area contributed by atoms with E-state index in [1.807, 2.05) is 31.2 Å². The second-order valence-corrected chi connectivity index (χ2v) is 6.62. The van der Waals surface area contributed by atoms with E-state index in [1.54, 1.807) is 0 Å². The monoisotopic (exact) mass is 261 g/mol. The molecule has 3 atom stereocenters. The summed E-state index contributed by atoms with van der Waals surface area (Å²) in [7, 11) is -1.04. The van der Waals surface area contributed by atoms with Crippen molar-refractivity contribution in [1.82, 2.24) is 0 Å². The van der Waals surface area contributed by atoms with E-state index in [2.05, 4.69) is 6.07 Å². The zero-order valence-corrected chi connectivity index (χ0v) is 11.6. The maximum absolute atomic E-state index is 12.7. The van der Waals surface area contributed by atoms with Crippen LogP contribution in [0.25, 0.3) is 0 Å². The van der Waals surface area contributed by atoms with Gasteiger partial charge in [-0.1, -0.05) is 37.5 Å². The van der Waals surface area contributed by atoms with Gasteiger partial charge < -0.3 is 0 Å². The van der Waals surface area contributed by atoms with Crippen LogP contribution < -0.4 is 0 Å². The van der Waals surface area contributed by atoms with Gasteiger partial charge in [0.25, 0.3) is 0 Å². The number of nitriles is 1. The van der Waals surface area contributed by atoms with E-state index < -0.39 is 10.8 Å². The number of hydrogen-bond donors (Lipinski definition) is 0. The summed E-state index contributed by atoms with van der Waals surface area (Å²) in [4.78, 5) is 0.907. The molecule has 0 aromatic heterocycles. The Balaban J connectivity index is 2.26. The van der Waals surface area contributed by atoms with Crippen LogP contribution in [0.4, 0.5) is 0 Å². The zero-order chi connectivity index (χ0) is 13.0. The number of hydrogen-bond acceptors (Lipinski definition) is 2. The molecule has 1 saturated carbocycles. The van der Waals surface area contributed by atoms with Crippen molar-refractivity contribution in [2.45, 2.75) is 49.2 Å². The fourth-order valence-corrected chi connectivity index (χ4v) is 4.42. The highest BCUT2D eigenvalue weighted by Gasteiger charge is 2.29. The molecular formula is C15H19NOS. The fourth-order valence-electron chi connectivity index (χ4n) is 2.62. The van der Waals surface area contributed by atoms with E-state index in [0.717, 1.165) is 36.1 Å². The van der Waals surface area contributed by atoms with Crippen LogP contribution in [0.5, 0.6) is 0 Å². The summed E-state index contributed by atoms with van der Waals surface area (Å²) in [5.74, 6) is -0.0482. The SMILES string of the molecule is Cc1ccccc1S(=O)C1CCCCCC1C#N. The van der Waals surface area contributed by atoms with Gasteiger partial charge in [-0.15, -0.1) is 0 Å². The molecule has 0 amide bonds. The Hall–Kier alpha value is -1.14. The van der Waals surface area contributed by atoms with Crippen LogP contribution in [0.3, 0.4) is 0 Å². The number of aryl methyl sites for hydroxylation is 1. The van der Waals surface area contributed by atoms with E-state index >= 15 is 0 Å². The Morgan fingerprint density at radius 3 is 2.67 bits per heavy atom. The molecule has 3 heteroatoms. The maximum atomic E-state index is 12.7. The van der Waals surface area contributed by atoms with E-state index in [9.17, 15) is 9.47 Å². The molecular weight excluding hydrogens is 242 g/mol. The molecule has 1 aromatic rings. The second kappa shape index (κ2) is 6.15. The van der Waals surface area contributed by atoms with Crippen molar-refractivity contribution in [3.8, 4) is 6.07 Å². The molecule has 1 aliphatic carbocycles. The lowest BCUT2D eigenvalue weighted by atomic mass is 10.0. The van der Waals surface area contributed by atoms with Crippen molar-refractivity contribution < 1.29 is 4.21 Å². The third kappa shape index (κ3) is 2.81. The Morgan fingerprint density at radius 1 is 1.22 bits per heavy atom. The highest BCUT2D eigenvalue weighted by molar-refractivity contribution is 7.85. The first kappa shape index (κ1) is 13.3. The molecule has 0 heterocycles. The molecule has 96 valence electrons. The van der Waals surface area contributed by atoms with Crippen molar-refractivity contribution >= 4 is 10.8 Å².